The van der Waals surface area contributed by atoms with Gasteiger partial charge in [-0.15, -0.1) is 0 Å². The predicted molar refractivity (Wildman–Crippen MR) is 42.9 cm³/mol. The number of nitrogens with zero attached hydrogens (tertiary/aromatic N) is 3. The van der Waals surface area contributed by atoms with Gasteiger partial charge < -0.3 is 5.73 Å². The van der Waals surface area contributed by atoms with Crippen LogP contribution in [0.1, 0.15) is 6.92 Å². The van der Waals surface area contributed by atoms with Crippen LogP contribution >= 0.6 is 0 Å². The van der Waals surface area contributed by atoms with Crippen LogP contribution in [0.15, 0.2) is 18.5 Å². The molecule has 0 bridgehead atoms. The summed E-state index contributed by atoms with van der Waals surface area (Å²) in [6, 6.07) is 1.78. The summed E-state index contributed by atoms with van der Waals surface area (Å²) < 4.78 is 0. The second-order valence-electron chi connectivity index (χ2n) is 2.03. The molecule has 0 spiro atoms. The SMILES string of the molecule is CCN(C(=N)N)n1cccn1. The number of hydrogen-bond donors (Lipinski definition) is 2. The van der Waals surface area contributed by atoms with E-state index in [2.05, 4.69) is 5.10 Å². The first-order valence-corrected chi connectivity index (χ1v) is 3.37. The Morgan fingerprint density at radius 1 is 1.82 bits per heavy atom. The lowest BCUT2D eigenvalue weighted by atomic mass is 10.7. The van der Waals surface area contributed by atoms with Crippen LogP contribution < -0.4 is 10.7 Å². The molecule has 0 saturated heterocycles. The first kappa shape index (κ1) is 7.59. The molecule has 1 rings (SSSR count). The Hall–Kier alpha value is -1.52. The van der Waals surface area contributed by atoms with Crippen molar-refractivity contribution in [3.05, 3.63) is 18.5 Å². The molecular formula is C6H11N5. The van der Waals surface area contributed by atoms with Crippen LogP contribution in [0.5, 0.6) is 0 Å². The summed E-state index contributed by atoms with van der Waals surface area (Å²) in [5.41, 5.74) is 5.29. The molecule has 60 valence electrons. The summed E-state index contributed by atoms with van der Waals surface area (Å²) in [5.74, 6) is -0.00352. The number of guanidine groups is 1. The molecule has 0 atom stereocenters. The van der Waals surface area contributed by atoms with Gasteiger partial charge in [0.05, 0.1) is 6.20 Å². The highest BCUT2D eigenvalue weighted by molar-refractivity contribution is 5.84. The van der Waals surface area contributed by atoms with Crippen LogP contribution in [0.3, 0.4) is 0 Å². The van der Waals surface area contributed by atoms with Gasteiger partial charge in [0.15, 0.2) is 0 Å². The lowest BCUT2D eigenvalue weighted by Gasteiger charge is -2.19. The molecule has 1 heterocycles. The van der Waals surface area contributed by atoms with Crippen LogP contribution in [0.25, 0.3) is 0 Å². The standard InChI is InChI=1S/C6H11N5/c1-2-10(6(7)8)11-5-3-4-9-11/h3-5H,2H2,1H3,(H3,7,8). The van der Waals surface area contributed by atoms with Crippen LogP contribution in [0, 0.1) is 5.41 Å². The number of nitrogens with two attached hydrogens (primary N) is 1. The van der Waals surface area contributed by atoms with Crippen molar-refractivity contribution in [2.75, 3.05) is 11.6 Å². The lowest BCUT2D eigenvalue weighted by Crippen LogP contribution is -2.44. The quantitative estimate of drug-likeness (QED) is 0.454. The van der Waals surface area contributed by atoms with Gasteiger partial charge in [-0.3, -0.25) is 5.41 Å². The molecule has 0 aliphatic rings. The third-order valence-corrected chi connectivity index (χ3v) is 1.32. The summed E-state index contributed by atoms with van der Waals surface area (Å²) in [6.07, 6.45) is 3.39. The maximum absolute atomic E-state index is 7.17. The minimum absolute atomic E-state index is 0.00352. The lowest BCUT2D eigenvalue weighted by molar-refractivity contribution is 0.641. The number of nitrogens with one attached hydrogen (secondary N) is 1. The second-order valence-corrected chi connectivity index (χ2v) is 2.03. The maximum atomic E-state index is 7.17. The molecule has 0 aliphatic heterocycles. The van der Waals surface area contributed by atoms with E-state index in [0.29, 0.717) is 6.54 Å². The van der Waals surface area contributed by atoms with Gasteiger partial charge in [0.2, 0.25) is 5.96 Å². The average molecular weight is 153 g/mol. The van der Waals surface area contributed by atoms with Crippen LogP contribution in [-0.2, 0) is 0 Å². The van der Waals surface area contributed by atoms with E-state index in [1.54, 1.807) is 23.5 Å². The summed E-state index contributed by atoms with van der Waals surface area (Å²) in [5, 5.41) is 12.6. The Labute approximate surface area is 64.9 Å². The smallest absolute Gasteiger partial charge is 0.209 e. The van der Waals surface area contributed by atoms with Gasteiger partial charge in [0.25, 0.3) is 0 Å². The maximum Gasteiger partial charge on any atom is 0.209 e. The Bertz CT molecular complexity index is 227. The number of rotatable bonds is 2. The van der Waals surface area contributed by atoms with Crippen molar-refractivity contribution in [1.82, 2.24) is 9.89 Å². The summed E-state index contributed by atoms with van der Waals surface area (Å²) in [4.78, 5) is 1.53. The molecule has 3 N–H and O–H groups in total. The van der Waals surface area contributed by atoms with Crippen LogP contribution in [0.4, 0.5) is 0 Å². The fourth-order valence-electron chi connectivity index (χ4n) is 0.829. The number of hydrogen-bond acceptors (Lipinski definition) is 2. The molecule has 5 nitrogen and oxygen atoms in total. The van der Waals surface area contributed by atoms with Crippen molar-refractivity contribution in [1.29, 1.82) is 5.41 Å². The zero-order valence-corrected chi connectivity index (χ0v) is 6.36. The van der Waals surface area contributed by atoms with E-state index < -0.39 is 0 Å². The molecular weight excluding hydrogens is 142 g/mol. The van der Waals surface area contributed by atoms with E-state index >= 15 is 0 Å². The van der Waals surface area contributed by atoms with Crippen LogP contribution in [0.2, 0.25) is 0 Å². The summed E-state index contributed by atoms with van der Waals surface area (Å²) in [6.45, 7) is 2.54. The van der Waals surface area contributed by atoms with Gasteiger partial charge in [-0.05, 0) is 13.0 Å². The first-order chi connectivity index (χ1) is 5.25. The molecule has 1 aromatic rings. The van der Waals surface area contributed by atoms with Crippen molar-refractivity contribution in [2.45, 2.75) is 6.92 Å². The van der Waals surface area contributed by atoms with E-state index in [9.17, 15) is 0 Å². The Morgan fingerprint density at radius 2 is 2.55 bits per heavy atom. The molecule has 1 aromatic heterocycles. The second kappa shape index (κ2) is 3.05. The van der Waals surface area contributed by atoms with E-state index in [0.717, 1.165) is 0 Å². The third-order valence-electron chi connectivity index (χ3n) is 1.32. The first-order valence-electron chi connectivity index (χ1n) is 3.37. The average Bonchev–Trinajstić information content (AvgIpc) is 2.40. The van der Waals surface area contributed by atoms with Gasteiger partial charge in [-0.1, -0.05) is 0 Å². The van der Waals surface area contributed by atoms with Gasteiger partial charge in [0.1, 0.15) is 0 Å². The van der Waals surface area contributed by atoms with E-state index in [1.165, 1.54) is 4.79 Å². The molecule has 0 amide bonds. The molecule has 0 unspecified atom stereocenters. The zero-order chi connectivity index (χ0) is 8.27. The summed E-state index contributed by atoms with van der Waals surface area (Å²) in [7, 11) is 0. The molecule has 0 fully saturated rings. The van der Waals surface area contributed by atoms with Crippen LogP contribution in [-0.4, -0.2) is 22.4 Å². The van der Waals surface area contributed by atoms with Crippen molar-refractivity contribution >= 4 is 5.96 Å². The van der Waals surface area contributed by atoms with E-state index in [4.69, 9.17) is 11.1 Å². The topological polar surface area (TPSA) is 70.9 Å². The monoisotopic (exact) mass is 153 g/mol. The largest absolute Gasteiger partial charge is 0.369 e. The van der Waals surface area contributed by atoms with Crippen molar-refractivity contribution in [3.63, 3.8) is 0 Å². The minimum atomic E-state index is -0.00352. The Morgan fingerprint density at radius 3 is 2.91 bits per heavy atom. The van der Waals surface area contributed by atoms with Gasteiger partial charge in [0, 0.05) is 12.7 Å². The van der Waals surface area contributed by atoms with Gasteiger partial charge in [-0.2, -0.15) is 9.89 Å². The molecule has 11 heavy (non-hydrogen) atoms. The van der Waals surface area contributed by atoms with Gasteiger partial charge >= 0.3 is 0 Å². The molecule has 5 heteroatoms. The van der Waals surface area contributed by atoms with E-state index in [1.807, 2.05) is 6.92 Å². The van der Waals surface area contributed by atoms with Crippen molar-refractivity contribution in [3.8, 4) is 0 Å². The Kier molecular flexibility index (Phi) is 2.10. The third kappa shape index (κ3) is 1.49. The highest BCUT2D eigenvalue weighted by atomic mass is 15.7. The number of aromatic nitrogens is 2. The minimum Gasteiger partial charge on any atom is -0.369 e. The fourth-order valence-corrected chi connectivity index (χ4v) is 0.829. The zero-order valence-electron chi connectivity index (χ0n) is 6.36. The van der Waals surface area contributed by atoms with Crippen molar-refractivity contribution < 1.29 is 0 Å². The van der Waals surface area contributed by atoms with Crippen molar-refractivity contribution in [2.24, 2.45) is 5.73 Å². The van der Waals surface area contributed by atoms with Gasteiger partial charge in [-0.25, -0.2) is 5.01 Å². The summed E-state index contributed by atoms with van der Waals surface area (Å²) >= 11 is 0. The molecule has 0 saturated carbocycles. The molecule has 0 aromatic carbocycles. The normalized spacial score (nSPS) is 9.55. The highest BCUT2D eigenvalue weighted by Crippen LogP contribution is 1.87. The van der Waals surface area contributed by atoms with E-state index in [-0.39, 0.29) is 5.96 Å². The fraction of sp³-hybridized carbons (Fsp3) is 0.333. The predicted octanol–water partition coefficient (Wildman–Crippen LogP) is -0.266. The highest BCUT2D eigenvalue weighted by Gasteiger charge is 2.03. The Balaban J connectivity index is 2.79. The molecule has 0 radical (unpaired) electrons. The molecule has 0 aliphatic carbocycles.